The summed E-state index contributed by atoms with van der Waals surface area (Å²) in [5.74, 6) is 4.56. The van der Waals surface area contributed by atoms with E-state index in [0.717, 1.165) is 34.8 Å². The standard InChI is InChI=1S/C20H25Cl2NOS/c21-17-2-1-13(8-18(17)22)12-25-4-3-19(24)23-20-9-14-5-15(10-20)7-16(6-14)11-20/h1-2,8,14-16H,3-7,9-12H2,(H,23,24). The number of hydrogen-bond acceptors (Lipinski definition) is 2. The van der Waals surface area contributed by atoms with Crippen molar-refractivity contribution in [1.82, 2.24) is 5.32 Å². The fourth-order valence-electron chi connectivity index (χ4n) is 5.61. The predicted octanol–water partition coefficient (Wildman–Crippen LogP) is 5.70. The number of rotatable bonds is 6. The van der Waals surface area contributed by atoms with Gasteiger partial charge in [0.1, 0.15) is 0 Å². The van der Waals surface area contributed by atoms with Gasteiger partial charge in [-0.1, -0.05) is 29.3 Å². The lowest BCUT2D eigenvalue weighted by molar-refractivity contribution is -0.126. The second-order valence-corrected chi connectivity index (χ2v) is 10.2. The van der Waals surface area contributed by atoms with Gasteiger partial charge in [-0.2, -0.15) is 11.8 Å². The van der Waals surface area contributed by atoms with Crippen LogP contribution in [0.5, 0.6) is 0 Å². The van der Waals surface area contributed by atoms with Crippen LogP contribution >= 0.6 is 35.0 Å². The van der Waals surface area contributed by atoms with Crippen LogP contribution in [-0.2, 0) is 10.5 Å². The lowest BCUT2D eigenvalue weighted by atomic mass is 9.53. The lowest BCUT2D eigenvalue weighted by Crippen LogP contribution is -2.59. The van der Waals surface area contributed by atoms with Crippen LogP contribution in [0.25, 0.3) is 0 Å². The molecule has 0 unspecified atom stereocenters. The molecule has 4 aliphatic carbocycles. The molecule has 0 atom stereocenters. The van der Waals surface area contributed by atoms with Crippen molar-refractivity contribution in [3.05, 3.63) is 33.8 Å². The van der Waals surface area contributed by atoms with Crippen molar-refractivity contribution in [3.63, 3.8) is 0 Å². The summed E-state index contributed by atoms with van der Waals surface area (Å²) in [5.41, 5.74) is 1.29. The molecule has 0 radical (unpaired) electrons. The molecule has 1 aromatic rings. The smallest absolute Gasteiger partial charge is 0.221 e. The van der Waals surface area contributed by atoms with Gasteiger partial charge >= 0.3 is 0 Å². The fraction of sp³-hybridized carbons (Fsp3) is 0.650. The van der Waals surface area contributed by atoms with Crippen molar-refractivity contribution in [2.24, 2.45) is 17.8 Å². The maximum atomic E-state index is 12.5. The first-order valence-corrected chi connectivity index (χ1v) is 11.3. The maximum absolute atomic E-state index is 12.5. The molecule has 4 aliphatic rings. The first kappa shape index (κ1) is 18.0. The summed E-state index contributed by atoms with van der Waals surface area (Å²) in [6.07, 6.45) is 8.51. The minimum absolute atomic E-state index is 0.139. The van der Waals surface area contributed by atoms with Gasteiger partial charge in [0.2, 0.25) is 5.91 Å². The number of benzene rings is 1. The van der Waals surface area contributed by atoms with E-state index in [2.05, 4.69) is 5.32 Å². The number of hydrogen-bond donors (Lipinski definition) is 1. The summed E-state index contributed by atoms with van der Waals surface area (Å²) >= 11 is 13.8. The Morgan fingerprint density at radius 1 is 1.08 bits per heavy atom. The number of thioether (sulfide) groups is 1. The molecule has 25 heavy (non-hydrogen) atoms. The Bertz CT molecular complexity index is 628. The summed E-state index contributed by atoms with van der Waals surface area (Å²) in [5, 5.41) is 4.63. The van der Waals surface area contributed by atoms with Crippen molar-refractivity contribution in [1.29, 1.82) is 0 Å². The summed E-state index contributed by atoms with van der Waals surface area (Å²) in [6.45, 7) is 0. The first-order valence-electron chi connectivity index (χ1n) is 9.34. The second-order valence-electron chi connectivity index (χ2n) is 8.30. The van der Waals surface area contributed by atoms with E-state index < -0.39 is 0 Å². The summed E-state index contributed by atoms with van der Waals surface area (Å²) in [4.78, 5) is 12.5. The van der Waals surface area contributed by atoms with E-state index in [1.54, 1.807) is 11.8 Å². The van der Waals surface area contributed by atoms with Crippen LogP contribution in [0.2, 0.25) is 10.0 Å². The largest absolute Gasteiger partial charge is 0.351 e. The SMILES string of the molecule is O=C(CCSCc1ccc(Cl)c(Cl)c1)NC12CC3CC(CC(C3)C1)C2. The summed E-state index contributed by atoms with van der Waals surface area (Å²) in [6, 6.07) is 5.74. The Morgan fingerprint density at radius 3 is 2.32 bits per heavy atom. The molecule has 4 bridgehead atoms. The normalized spacial score (nSPS) is 32.8. The van der Waals surface area contributed by atoms with Gasteiger partial charge in [-0.25, -0.2) is 0 Å². The van der Waals surface area contributed by atoms with E-state index in [4.69, 9.17) is 23.2 Å². The maximum Gasteiger partial charge on any atom is 0.221 e. The monoisotopic (exact) mass is 397 g/mol. The van der Waals surface area contributed by atoms with Crippen LogP contribution in [0.4, 0.5) is 0 Å². The number of halogens is 2. The van der Waals surface area contributed by atoms with Gasteiger partial charge < -0.3 is 5.32 Å². The Labute approximate surface area is 164 Å². The Morgan fingerprint density at radius 2 is 1.72 bits per heavy atom. The van der Waals surface area contributed by atoms with Gasteiger partial charge in [-0.3, -0.25) is 4.79 Å². The van der Waals surface area contributed by atoms with Gasteiger partial charge in [0.15, 0.2) is 0 Å². The van der Waals surface area contributed by atoms with Crippen LogP contribution in [0.15, 0.2) is 18.2 Å². The van der Waals surface area contributed by atoms with Crippen molar-refractivity contribution < 1.29 is 4.79 Å². The van der Waals surface area contributed by atoms with E-state index in [9.17, 15) is 4.79 Å². The van der Waals surface area contributed by atoms with Gasteiger partial charge in [0, 0.05) is 23.5 Å². The number of nitrogens with one attached hydrogen (secondary N) is 1. The van der Waals surface area contributed by atoms with Crippen LogP contribution in [0.3, 0.4) is 0 Å². The third-order valence-corrected chi connectivity index (χ3v) is 7.94. The molecular formula is C20H25Cl2NOS. The van der Waals surface area contributed by atoms with Crippen LogP contribution < -0.4 is 5.32 Å². The molecule has 0 heterocycles. The molecule has 2 nitrogen and oxygen atoms in total. The summed E-state index contributed by atoms with van der Waals surface area (Å²) in [7, 11) is 0. The second kappa shape index (κ2) is 7.32. The molecule has 1 aromatic carbocycles. The first-order chi connectivity index (χ1) is 12.0. The van der Waals surface area contributed by atoms with Gasteiger partial charge in [-0.05, 0) is 74.0 Å². The quantitative estimate of drug-likeness (QED) is 0.623. The van der Waals surface area contributed by atoms with Crippen LogP contribution in [0, 0.1) is 17.8 Å². The van der Waals surface area contributed by atoms with E-state index in [0.29, 0.717) is 16.5 Å². The van der Waals surface area contributed by atoms with Gasteiger partial charge in [-0.15, -0.1) is 0 Å². The van der Waals surface area contributed by atoms with Crippen molar-refractivity contribution in [3.8, 4) is 0 Å². The van der Waals surface area contributed by atoms with Crippen LogP contribution in [-0.4, -0.2) is 17.2 Å². The predicted molar refractivity (Wildman–Crippen MR) is 106 cm³/mol. The van der Waals surface area contributed by atoms with E-state index in [1.807, 2.05) is 18.2 Å². The minimum atomic E-state index is 0.139. The molecule has 0 spiro atoms. The molecule has 0 aromatic heterocycles. The van der Waals surface area contributed by atoms with Crippen LogP contribution in [0.1, 0.15) is 50.5 Å². The molecule has 0 aliphatic heterocycles. The molecule has 1 amide bonds. The summed E-state index contributed by atoms with van der Waals surface area (Å²) < 4.78 is 0. The van der Waals surface area contributed by atoms with Gasteiger partial charge in [0.25, 0.3) is 0 Å². The third-order valence-electron chi connectivity index (χ3n) is 6.17. The zero-order chi connectivity index (χ0) is 17.4. The Kier molecular flexibility index (Phi) is 5.28. The highest BCUT2D eigenvalue weighted by molar-refractivity contribution is 7.98. The molecule has 136 valence electrons. The Balaban J connectivity index is 1.22. The highest BCUT2D eigenvalue weighted by atomic mass is 35.5. The molecule has 5 rings (SSSR count). The van der Waals surface area contributed by atoms with E-state index >= 15 is 0 Å². The highest BCUT2D eigenvalue weighted by Crippen LogP contribution is 2.55. The van der Waals surface area contributed by atoms with Crippen molar-refractivity contribution >= 4 is 40.9 Å². The number of carbonyl (C=O) groups is 1. The molecule has 0 saturated heterocycles. The van der Waals surface area contributed by atoms with Gasteiger partial charge in [0.05, 0.1) is 10.0 Å². The molecule has 5 heteroatoms. The molecule has 1 N–H and O–H groups in total. The molecule has 4 saturated carbocycles. The van der Waals surface area contributed by atoms with E-state index in [1.165, 1.54) is 38.5 Å². The highest BCUT2D eigenvalue weighted by Gasteiger charge is 2.51. The Hall–Kier alpha value is -0.380. The topological polar surface area (TPSA) is 29.1 Å². The van der Waals surface area contributed by atoms with Crippen molar-refractivity contribution in [2.75, 3.05) is 5.75 Å². The lowest BCUT2D eigenvalue weighted by Gasteiger charge is -2.56. The average Bonchev–Trinajstić information content (AvgIpc) is 2.53. The van der Waals surface area contributed by atoms with Crippen molar-refractivity contribution in [2.45, 2.75) is 56.2 Å². The van der Waals surface area contributed by atoms with E-state index in [-0.39, 0.29) is 11.4 Å². The zero-order valence-corrected chi connectivity index (χ0v) is 16.7. The fourth-order valence-corrected chi connectivity index (χ4v) is 6.82. The average molecular weight is 398 g/mol. The number of amides is 1. The molecule has 4 fully saturated rings. The zero-order valence-electron chi connectivity index (χ0n) is 14.4. The minimum Gasteiger partial charge on any atom is -0.351 e. The molecular weight excluding hydrogens is 373 g/mol. The third kappa shape index (κ3) is 4.14. The number of carbonyl (C=O) groups excluding carboxylic acids is 1.